The molecule has 0 unspecified atom stereocenters. The number of benzene rings is 1. The number of aromatic nitrogens is 2. The van der Waals surface area contributed by atoms with Gasteiger partial charge in [-0.25, -0.2) is 15.8 Å². The van der Waals surface area contributed by atoms with Crippen molar-refractivity contribution in [3.63, 3.8) is 0 Å². The topological polar surface area (TPSA) is 73.1 Å². The molecule has 1 aromatic heterocycles. The quantitative estimate of drug-likeness (QED) is 0.650. The van der Waals surface area contributed by atoms with Crippen molar-refractivity contribution in [1.29, 1.82) is 0 Å². The Kier molecular flexibility index (Phi) is 3.97. The summed E-state index contributed by atoms with van der Waals surface area (Å²) in [6.45, 7) is 4.06. The van der Waals surface area contributed by atoms with Gasteiger partial charge in [-0.05, 0) is 31.0 Å². The number of anilines is 1. The van der Waals surface area contributed by atoms with Crippen molar-refractivity contribution in [3.8, 4) is 17.1 Å². The molecule has 2 rings (SSSR count). The molecule has 1 aromatic carbocycles. The zero-order chi connectivity index (χ0) is 13.8. The molecule has 0 aliphatic heterocycles. The summed E-state index contributed by atoms with van der Waals surface area (Å²) in [5.74, 6) is 7.42. The average Bonchev–Trinajstić information content (AvgIpc) is 2.46. The highest BCUT2D eigenvalue weighted by Crippen LogP contribution is 2.29. The van der Waals surface area contributed by atoms with Crippen molar-refractivity contribution in [2.75, 3.05) is 12.5 Å². The van der Waals surface area contributed by atoms with E-state index in [0.717, 1.165) is 29.0 Å². The molecule has 5 heteroatoms. The van der Waals surface area contributed by atoms with Crippen LogP contribution in [0.15, 0.2) is 24.3 Å². The van der Waals surface area contributed by atoms with Gasteiger partial charge in [0, 0.05) is 11.8 Å². The van der Waals surface area contributed by atoms with E-state index in [1.165, 1.54) is 0 Å². The fourth-order valence-electron chi connectivity index (χ4n) is 1.86. The molecular weight excluding hydrogens is 240 g/mol. The fraction of sp³-hybridized carbons (Fsp3) is 0.286. The normalized spacial score (nSPS) is 10.3. The maximum atomic E-state index is 5.44. The molecule has 0 radical (unpaired) electrons. The summed E-state index contributed by atoms with van der Waals surface area (Å²) in [5, 5.41) is 0. The third kappa shape index (κ3) is 2.82. The number of methoxy groups -OCH3 is 1. The third-order valence-corrected chi connectivity index (χ3v) is 2.89. The lowest BCUT2D eigenvalue weighted by molar-refractivity contribution is 0.416. The third-order valence-electron chi connectivity index (χ3n) is 2.89. The molecule has 19 heavy (non-hydrogen) atoms. The number of nitrogens with one attached hydrogen (secondary N) is 1. The Balaban J connectivity index is 2.57. The van der Waals surface area contributed by atoms with E-state index in [9.17, 15) is 0 Å². The van der Waals surface area contributed by atoms with Crippen LogP contribution in [-0.4, -0.2) is 17.1 Å². The number of hydrazine groups is 1. The first-order chi connectivity index (χ1) is 9.17. The molecule has 1 heterocycles. The molecule has 100 valence electrons. The van der Waals surface area contributed by atoms with Crippen molar-refractivity contribution >= 4 is 5.82 Å². The Labute approximate surface area is 112 Å². The zero-order valence-electron chi connectivity index (χ0n) is 11.4. The molecule has 0 bridgehead atoms. The number of aryl methyl sites for hydroxylation is 2. The maximum Gasteiger partial charge on any atom is 0.165 e. The number of hydrogen-bond acceptors (Lipinski definition) is 5. The number of hydrogen-bond donors (Lipinski definition) is 2. The zero-order valence-corrected chi connectivity index (χ0v) is 11.4. The number of nitrogens with zero attached hydrogens (tertiary/aromatic N) is 2. The van der Waals surface area contributed by atoms with Gasteiger partial charge in [-0.15, -0.1) is 0 Å². The predicted molar refractivity (Wildman–Crippen MR) is 75.9 cm³/mol. The van der Waals surface area contributed by atoms with E-state index < -0.39 is 0 Å². The molecule has 3 N–H and O–H groups in total. The maximum absolute atomic E-state index is 5.44. The van der Waals surface area contributed by atoms with Crippen LogP contribution in [0.1, 0.15) is 18.2 Å². The summed E-state index contributed by atoms with van der Waals surface area (Å²) >= 11 is 0. The van der Waals surface area contributed by atoms with Crippen molar-refractivity contribution in [2.45, 2.75) is 20.3 Å². The van der Waals surface area contributed by atoms with Gasteiger partial charge in [0.25, 0.3) is 0 Å². The number of nitrogens with two attached hydrogens (primary N) is 1. The van der Waals surface area contributed by atoms with Gasteiger partial charge in [0.05, 0.1) is 12.7 Å². The van der Waals surface area contributed by atoms with Gasteiger partial charge >= 0.3 is 0 Å². The molecule has 0 amide bonds. The summed E-state index contributed by atoms with van der Waals surface area (Å²) in [6.07, 6.45) is 0.818. The standard InChI is InChI=1S/C14H18N4O/c1-4-10-8-13(18-15)17-14(16-10)11-6-5-9(2)7-12(11)19-3/h5-8H,4,15H2,1-3H3,(H,16,17,18). The minimum atomic E-state index is 0.601. The van der Waals surface area contributed by atoms with Crippen LogP contribution in [0.5, 0.6) is 5.75 Å². The second kappa shape index (κ2) is 5.67. The molecular formula is C14H18N4O. The van der Waals surface area contributed by atoms with E-state index in [1.807, 2.05) is 38.1 Å². The van der Waals surface area contributed by atoms with E-state index in [0.29, 0.717) is 11.6 Å². The molecule has 0 aliphatic rings. The predicted octanol–water partition coefficient (Wildman–Crippen LogP) is 2.31. The Bertz CT molecular complexity index is 561. The van der Waals surface area contributed by atoms with Crippen LogP contribution >= 0.6 is 0 Å². The fourth-order valence-corrected chi connectivity index (χ4v) is 1.86. The summed E-state index contributed by atoms with van der Waals surface area (Å²) < 4.78 is 5.40. The van der Waals surface area contributed by atoms with E-state index in [2.05, 4.69) is 15.4 Å². The van der Waals surface area contributed by atoms with Gasteiger partial charge < -0.3 is 10.2 Å². The molecule has 0 saturated heterocycles. The van der Waals surface area contributed by atoms with Gasteiger partial charge in [-0.1, -0.05) is 13.0 Å². The minimum absolute atomic E-state index is 0.601. The van der Waals surface area contributed by atoms with Gasteiger partial charge in [0.15, 0.2) is 5.82 Å². The lowest BCUT2D eigenvalue weighted by atomic mass is 10.1. The molecule has 0 spiro atoms. The highest BCUT2D eigenvalue weighted by molar-refractivity contribution is 5.66. The largest absolute Gasteiger partial charge is 0.496 e. The molecule has 5 nitrogen and oxygen atoms in total. The monoisotopic (exact) mass is 258 g/mol. The van der Waals surface area contributed by atoms with Crippen LogP contribution in [0, 0.1) is 6.92 Å². The van der Waals surface area contributed by atoms with Crippen LogP contribution in [0.2, 0.25) is 0 Å². The first kappa shape index (κ1) is 13.3. The molecule has 0 atom stereocenters. The second-order valence-electron chi connectivity index (χ2n) is 4.27. The van der Waals surface area contributed by atoms with Crippen molar-refractivity contribution in [2.24, 2.45) is 5.84 Å². The molecule has 0 saturated carbocycles. The Hall–Kier alpha value is -2.14. The Morgan fingerprint density at radius 3 is 2.68 bits per heavy atom. The smallest absolute Gasteiger partial charge is 0.165 e. The van der Waals surface area contributed by atoms with Crippen molar-refractivity contribution < 1.29 is 4.74 Å². The minimum Gasteiger partial charge on any atom is -0.496 e. The first-order valence-electron chi connectivity index (χ1n) is 6.17. The SMILES string of the molecule is CCc1cc(NN)nc(-c2ccc(C)cc2OC)n1. The van der Waals surface area contributed by atoms with Gasteiger partial charge in [-0.2, -0.15) is 0 Å². The van der Waals surface area contributed by atoms with Gasteiger partial charge in [0.1, 0.15) is 11.6 Å². The highest BCUT2D eigenvalue weighted by atomic mass is 16.5. The summed E-state index contributed by atoms with van der Waals surface area (Å²) in [5.41, 5.74) is 5.49. The second-order valence-corrected chi connectivity index (χ2v) is 4.27. The highest BCUT2D eigenvalue weighted by Gasteiger charge is 2.11. The van der Waals surface area contributed by atoms with E-state index in [-0.39, 0.29) is 0 Å². The Morgan fingerprint density at radius 2 is 2.05 bits per heavy atom. The number of rotatable bonds is 4. The van der Waals surface area contributed by atoms with Crippen molar-refractivity contribution in [1.82, 2.24) is 9.97 Å². The average molecular weight is 258 g/mol. The van der Waals surface area contributed by atoms with Crippen LogP contribution in [-0.2, 0) is 6.42 Å². The first-order valence-corrected chi connectivity index (χ1v) is 6.17. The van der Waals surface area contributed by atoms with E-state index in [4.69, 9.17) is 10.6 Å². The van der Waals surface area contributed by atoms with E-state index in [1.54, 1.807) is 7.11 Å². The summed E-state index contributed by atoms with van der Waals surface area (Å²) in [6, 6.07) is 7.77. The number of nitrogen functional groups attached to an aromatic ring is 1. The summed E-state index contributed by atoms with van der Waals surface area (Å²) in [7, 11) is 1.64. The lowest BCUT2D eigenvalue weighted by Gasteiger charge is -2.10. The van der Waals surface area contributed by atoms with Crippen LogP contribution in [0.25, 0.3) is 11.4 Å². The Morgan fingerprint density at radius 1 is 1.26 bits per heavy atom. The summed E-state index contributed by atoms with van der Waals surface area (Å²) in [4.78, 5) is 8.90. The molecule has 0 aliphatic carbocycles. The van der Waals surface area contributed by atoms with Crippen LogP contribution in [0.3, 0.4) is 0 Å². The van der Waals surface area contributed by atoms with Gasteiger partial charge in [-0.3, -0.25) is 0 Å². The lowest BCUT2D eigenvalue weighted by Crippen LogP contribution is -2.10. The van der Waals surface area contributed by atoms with Crippen LogP contribution in [0.4, 0.5) is 5.82 Å². The van der Waals surface area contributed by atoms with Crippen molar-refractivity contribution in [3.05, 3.63) is 35.5 Å². The molecule has 0 fully saturated rings. The number of ether oxygens (including phenoxy) is 1. The van der Waals surface area contributed by atoms with E-state index >= 15 is 0 Å². The van der Waals surface area contributed by atoms with Gasteiger partial charge in [0.2, 0.25) is 0 Å². The van der Waals surface area contributed by atoms with Crippen LogP contribution < -0.4 is 16.0 Å². The molecule has 2 aromatic rings.